The topological polar surface area (TPSA) is 0 Å². The normalized spacial score (nSPS) is 13.8. The minimum absolute atomic E-state index is 0.388. The van der Waals surface area contributed by atoms with E-state index in [9.17, 15) is 0 Å². The Kier molecular flexibility index (Phi) is 1.20. The summed E-state index contributed by atoms with van der Waals surface area (Å²) >= 11 is 0.388. The molecule has 0 N–H and O–H groups in total. The molecular formula is C8H6As. The van der Waals surface area contributed by atoms with E-state index in [1.165, 1.54) is 10.4 Å². The second-order valence-electron chi connectivity index (χ2n) is 2.04. The maximum absolute atomic E-state index is 2.34. The van der Waals surface area contributed by atoms with Crippen LogP contribution in [0.2, 0.25) is 0 Å². The predicted molar refractivity (Wildman–Crippen MR) is 40.4 cm³/mol. The molecule has 9 heavy (non-hydrogen) atoms. The molecule has 1 heterocycles. The number of fused-ring (bicyclic) bond motifs is 1. The molecule has 43 valence electrons. The Labute approximate surface area is 60.6 Å². The Morgan fingerprint density at radius 1 is 0.889 bits per heavy atom. The molecular weight excluding hydrogens is 171 g/mol. The van der Waals surface area contributed by atoms with Gasteiger partial charge in [0.15, 0.2) is 0 Å². The van der Waals surface area contributed by atoms with Crippen molar-refractivity contribution in [1.82, 2.24) is 0 Å². The molecule has 0 aliphatic carbocycles. The van der Waals surface area contributed by atoms with E-state index in [0.717, 1.165) is 0 Å². The zero-order valence-corrected chi connectivity index (χ0v) is 6.79. The second-order valence-corrected chi connectivity index (χ2v) is 3.75. The van der Waals surface area contributed by atoms with E-state index in [1.807, 2.05) is 0 Å². The Bertz CT molecular complexity index is 292. The van der Waals surface area contributed by atoms with Crippen molar-refractivity contribution in [3.05, 3.63) is 34.7 Å². The van der Waals surface area contributed by atoms with Gasteiger partial charge in [-0.25, -0.2) is 0 Å². The SMILES string of the molecule is C1=c2ccccc2=C[As]1. The Balaban J connectivity index is 2.97. The van der Waals surface area contributed by atoms with E-state index >= 15 is 0 Å². The molecule has 1 aromatic rings. The molecule has 0 saturated carbocycles. The van der Waals surface area contributed by atoms with Gasteiger partial charge in [-0.05, 0) is 0 Å². The van der Waals surface area contributed by atoms with Gasteiger partial charge in [0.25, 0.3) is 0 Å². The summed E-state index contributed by atoms with van der Waals surface area (Å²) < 4.78 is 0. The molecule has 0 atom stereocenters. The number of rotatable bonds is 0. The molecule has 0 saturated heterocycles. The number of hydrogen-bond donors (Lipinski definition) is 0. The molecule has 1 aliphatic rings. The maximum atomic E-state index is 2.34. The summed E-state index contributed by atoms with van der Waals surface area (Å²) in [5.41, 5.74) is 0. The van der Waals surface area contributed by atoms with Crippen LogP contribution in [0.1, 0.15) is 0 Å². The Morgan fingerprint density at radius 3 is 2.00 bits per heavy atom. The summed E-state index contributed by atoms with van der Waals surface area (Å²) in [7, 11) is 0. The van der Waals surface area contributed by atoms with Crippen LogP contribution in [-0.4, -0.2) is 15.8 Å². The van der Waals surface area contributed by atoms with Crippen LogP contribution < -0.4 is 10.4 Å². The van der Waals surface area contributed by atoms with Crippen molar-refractivity contribution in [2.24, 2.45) is 0 Å². The molecule has 0 amide bonds. The zero-order valence-electron chi connectivity index (χ0n) is 4.91. The average molecular weight is 177 g/mol. The second kappa shape index (κ2) is 2.04. The number of benzene rings is 1. The van der Waals surface area contributed by atoms with Crippen molar-refractivity contribution in [3.63, 3.8) is 0 Å². The molecule has 1 aromatic carbocycles. The van der Waals surface area contributed by atoms with Crippen LogP contribution in [0.25, 0.3) is 9.73 Å². The van der Waals surface area contributed by atoms with Gasteiger partial charge in [-0.15, -0.1) is 0 Å². The molecule has 0 spiro atoms. The molecule has 0 unspecified atom stereocenters. The van der Waals surface area contributed by atoms with E-state index in [4.69, 9.17) is 0 Å². The quantitative estimate of drug-likeness (QED) is 0.484. The Morgan fingerprint density at radius 2 is 1.44 bits per heavy atom. The minimum atomic E-state index is 0.388. The van der Waals surface area contributed by atoms with Crippen LogP contribution in [0.15, 0.2) is 24.3 Å². The van der Waals surface area contributed by atoms with Crippen molar-refractivity contribution in [2.45, 2.75) is 0 Å². The Hall–Kier alpha value is -0.482. The first-order valence-corrected chi connectivity index (χ1v) is 5.09. The van der Waals surface area contributed by atoms with Gasteiger partial charge >= 0.3 is 60.2 Å². The molecule has 2 rings (SSSR count). The molecule has 0 bridgehead atoms. The van der Waals surface area contributed by atoms with E-state index in [1.54, 1.807) is 0 Å². The van der Waals surface area contributed by atoms with Crippen molar-refractivity contribution < 1.29 is 0 Å². The van der Waals surface area contributed by atoms with Gasteiger partial charge in [-0.1, -0.05) is 0 Å². The first kappa shape index (κ1) is 5.31. The first-order valence-electron chi connectivity index (χ1n) is 2.92. The number of hydrogen-bond acceptors (Lipinski definition) is 0. The molecule has 1 radical (unpaired) electrons. The van der Waals surface area contributed by atoms with E-state index in [0.29, 0.717) is 15.8 Å². The van der Waals surface area contributed by atoms with Crippen LogP contribution >= 0.6 is 0 Å². The van der Waals surface area contributed by atoms with Gasteiger partial charge in [0.2, 0.25) is 0 Å². The van der Waals surface area contributed by atoms with Crippen molar-refractivity contribution in [3.8, 4) is 0 Å². The monoisotopic (exact) mass is 177 g/mol. The molecule has 0 nitrogen and oxygen atoms in total. The zero-order chi connectivity index (χ0) is 6.10. The summed E-state index contributed by atoms with van der Waals surface area (Å²) in [6.07, 6.45) is 0. The fourth-order valence-corrected chi connectivity index (χ4v) is 2.76. The third-order valence-corrected chi connectivity index (χ3v) is 3.22. The predicted octanol–water partition coefficient (Wildman–Crippen LogP) is -0.120. The first-order chi connectivity index (χ1) is 4.47. The summed E-state index contributed by atoms with van der Waals surface area (Å²) in [5.74, 6) is 0. The fourth-order valence-electron chi connectivity index (χ4n) is 0.944. The van der Waals surface area contributed by atoms with E-state index in [2.05, 4.69) is 34.0 Å². The van der Waals surface area contributed by atoms with Crippen molar-refractivity contribution in [2.75, 3.05) is 0 Å². The van der Waals surface area contributed by atoms with Crippen molar-refractivity contribution in [1.29, 1.82) is 0 Å². The summed E-state index contributed by atoms with van der Waals surface area (Å²) in [4.78, 5) is 4.68. The summed E-state index contributed by atoms with van der Waals surface area (Å²) in [5, 5.41) is 2.86. The van der Waals surface area contributed by atoms with Crippen LogP contribution in [0.5, 0.6) is 0 Å². The third-order valence-electron chi connectivity index (χ3n) is 1.42. The third kappa shape index (κ3) is 0.839. The molecule has 0 aromatic heterocycles. The van der Waals surface area contributed by atoms with Gasteiger partial charge in [-0.2, -0.15) is 0 Å². The molecule has 1 aliphatic heterocycles. The van der Waals surface area contributed by atoms with Crippen LogP contribution in [0.4, 0.5) is 0 Å². The van der Waals surface area contributed by atoms with Crippen LogP contribution in [0, 0.1) is 0 Å². The fraction of sp³-hybridized carbons (Fsp3) is 0. The van der Waals surface area contributed by atoms with E-state index in [-0.39, 0.29) is 0 Å². The summed E-state index contributed by atoms with van der Waals surface area (Å²) in [6.45, 7) is 0. The van der Waals surface area contributed by atoms with Gasteiger partial charge in [-0.3, -0.25) is 0 Å². The van der Waals surface area contributed by atoms with Crippen LogP contribution in [0.3, 0.4) is 0 Å². The van der Waals surface area contributed by atoms with Gasteiger partial charge in [0.1, 0.15) is 0 Å². The molecule has 0 fully saturated rings. The van der Waals surface area contributed by atoms with Crippen LogP contribution in [-0.2, 0) is 0 Å². The van der Waals surface area contributed by atoms with Gasteiger partial charge in [0, 0.05) is 0 Å². The van der Waals surface area contributed by atoms with Crippen molar-refractivity contribution >= 4 is 25.5 Å². The van der Waals surface area contributed by atoms with Gasteiger partial charge in [0.05, 0.1) is 0 Å². The average Bonchev–Trinajstić information content (AvgIpc) is 2.33. The molecule has 1 heteroatoms. The standard InChI is InChI=1S/C8H6As/c1-2-4-8-6-9-5-7(8)3-1/h1-6H. The van der Waals surface area contributed by atoms with E-state index < -0.39 is 0 Å². The van der Waals surface area contributed by atoms with Gasteiger partial charge < -0.3 is 0 Å². The summed E-state index contributed by atoms with van der Waals surface area (Å²) in [6, 6.07) is 8.54.